The molecular formula is C34H34N4O4S. The van der Waals surface area contributed by atoms with Crippen molar-refractivity contribution in [3.8, 4) is 11.6 Å². The number of hydrogen-bond donors (Lipinski definition) is 3. The first-order valence-electron chi connectivity index (χ1n) is 14.4. The molecule has 8 nitrogen and oxygen atoms in total. The van der Waals surface area contributed by atoms with E-state index in [1.165, 1.54) is 44.1 Å². The highest BCUT2D eigenvalue weighted by molar-refractivity contribution is 7.92. The van der Waals surface area contributed by atoms with Gasteiger partial charge in [-0.15, -0.1) is 0 Å². The number of likely N-dealkylation sites (tertiary alicyclic amines) is 1. The number of fused-ring (bicyclic) bond motifs is 1. The third-order valence-corrected chi connectivity index (χ3v) is 9.08. The van der Waals surface area contributed by atoms with Gasteiger partial charge in [-0.3, -0.25) is 9.62 Å². The second-order valence-corrected chi connectivity index (χ2v) is 12.4. The maximum absolute atomic E-state index is 13.2. The van der Waals surface area contributed by atoms with E-state index in [9.17, 15) is 13.5 Å². The van der Waals surface area contributed by atoms with Gasteiger partial charge in [-0.25, -0.2) is 13.4 Å². The molecule has 0 amide bonds. The number of hydrogen-bond acceptors (Lipinski definition) is 6. The molecule has 0 atom stereocenters. The molecule has 1 aliphatic heterocycles. The van der Waals surface area contributed by atoms with Crippen LogP contribution in [-0.4, -0.2) is 49.3 Å². The van der Waals surface area contributed by atoms with Crippen molar-refractivity contribution in [1.82, 2.24) is 9.88 Å². The number of methoxy groups -OCH3 is 1. The van der Waals surface area contributed by atoms with Crippen molar-refractivity contribution in [2.45, 2.75) is 30.7 Å². The smallest absolute Gasteiger partial charge is 0.262 e. The number of benzene rings is 4. The van der Waals surface area contributed by atoms with Crippen molar-refractivity contribution in [3.05, 3.63) is 114 Å². The third-order valence-electron chi connectivity index (χ3n) is 7.70. The van der Waals surface area contributed by atoms with Crippen molar-refractivity contribution in [3.63, 3.8) is 0 Å². The van der Waals surface area contributed by atoms with Crippen LogP contribution in [0.5, 0.6) is 11.6 Å². The average molecular weight is 595 g/mol. The number of nitrogens with zero attached hydrogens (tertiary/aromatic N) is 2. The summed E-state index contributed by atoms with van der Waals surface area (Å²) in [5.41, 5.74) is 4.87. The average Bonchev–Trinajstić information content (AvgIpc) is 3.36. The molecule has 43 heavy (non-hydrogen) atoms. The van der Waals surface area contributed by atoms with Gasteiger partial charge in [-0.05, 0) is 74.0 Å². The molecule has 1 fully saturated rings. The maximum atomic E-state index is 13.2. The molecule has 3 N–H and O–H groups in total. The number of aromatic hydroxyl groups is 1. The molecule has 2 heterocycles. The highest BCUT2D eigenvalue weighted by atomic mass is 32.2. The van der Waals surface area contributed by atoms with E-state index < -0.39 is 10.0 Å². The molecule has 5 aromatic rings. The van der Waals surface area contributed by atoms with Crippen molar-refractivity contribution < 1.29 is 18.3 Å². The maximum Gasteiger partial charge on any atom is 0.262 e. The number of piperidine rings is 1. The zero-order chi connectivity index (χ0) is 29.8. The van der Waals surface area contributed by atoms with Crippen LogP contribution in [-0.2, 0) is 16.6 Å². The van der Waals surface area contributed by atoms with Crippen LogP contribution in [0.15, 0.2) is 107 Å². The molecule has 4 aromatic carbocycles. The van der Waals surface area contributed by atoms with Crippen LogP contribution in [0.3, 0.4) is 0 Å². The summed E-state index contributed by atoms with van der Waals surface area (Å²) in [6, 6.07) is 29.3. The summed E-state index contributed by atoms with van der Waals surface area (Å²) in [7, 11) is -2.40. The first-order valence-corrected chi connectivity index (χ1v) is 15.9. The van der Waals surface area contributed by atoms with E-state index in [0.29, 0.717) is 33.6 Å². The lowest BCUT2D eigenvalue weighted by Gasteiger charge is -2.26. The quantitative estimate of drug-likeness (QED) is 0.162. The number of rotatable bonds is 9. The number of aliphatic imine (C=N–C) groups is 1. The lowest BCUT2D eigenvalue weighted by molar-refractivity contribution is 0.221. The second-order valence-electron chi connectivity index (χ2n) is 10.7. The first-order chi connectivity index (χ1) is 20.9. The van der Waals surface area contributed by atoms with Crippen molar-refractivity contribution >= 4 is 38.0 Å². The van der Waals surface area contributed by atoms with Crippen molar-refractivity contribution in [2.24, 2.45) is 4.99 Å². The van der Waals surface area contributed by atoms with Gasteiger partial charge in [-0.1, -0.05) is 55.0 Å². The molecule has 0 aliphatic carbocycles. The van der Waals surface area contributed by atoms with Gasteiger partial charge in [0.15, 0.2) is 5.88 Å². The highest BCUT2D eigenvalue weighted by Crippen LogP contribution is 2.34. The number of aromatic amines is 1. The number of nitrogens with one attached hydrogen (secondary N) is 2. The summed E-state index contributed by atoms with van der Waals surface area (Å²) in [5.74, 6) is 0.395. The van der Waals surface area contributed by atoms with Gasteiger partial charge in [0.1, 0.15) is 5.75 Å². The first kappa shape index (κ1) is 28.5. The molecule has 220 valence electrons. The lowest BCUT2D eigenvalue weighted by atomic mass is 10.0. The highest BCUT2D eigenvalue weighted by Gasteiger charge is 2.21. The minimum atomic E-state index is -3.89. The fourth-order valence-corrected chi connectivity index (χ4v) is 6.59. The Morgan fingerprint density at radius 3 is 2.44 bits per heavy atom. The Kier molecular flexibility index (Phi) is 8.18. The Balaban J connectivity index is 1.37. The fraction of sp³-hybridized carbons (Fsp3) is 0.206. The Morgan fingerprint density at radius 2 is 1.70 bits per heavy atom. The lowest BCUT2D eigenvalue weighted by Crippen LogP contribution is -2.28. The van der Waals surface area contributed by atoms with Crippen LogP contribution < -0.4 is 9.46 Å². The Bertz CT molecular complexity index is 1860. The fourth-order valence-electron chi connectivity index (χ4n) is 5.50. The topological polar surface area (TPSA) is 107 Å². The van der Waals surface area contributed by atoms with Gasteiger partial charge in [0.2, 0.25) is 0 Å². The van der Waals surface area contributed by atoms with Crippen molar-refractivity contribution in [1.29, 1.82) is 0 Å². The number of aromatic nitrogens is 1. The van der Waals surface area contributed by atoms with E-state index in [2.05, 4.69) is 26.7 Å². The molecule has 6 rings (SSSR count). The van der Waals surface area contributed by atoms with Gasteiger partial charge in [-0.2, -0.15) is 0 Å². The predicted molar refractivity (Wildman–Crippen MR) is 171 cm³/mol. The minimum absolute atomic E-state index is 0.0490. The number of sulfonamides is 1. The molecule has 1 aromatic heterocycles. The van der Waals surface area contributed by atoms with Crippen molar-refractivity contribution in [2.75, 3.05) is 24.9 Å². The zero-order valence-electron chi connectivity index (χ0n) is 24.0. The van der Waals surface area contributed by atoms with Gasteiger partial charge < -0.3 is 14.8 Å². The van der Waals surface area contributed by atoms with Crippen LogP contribution in [0.4, 0.5) is 11.4 Å². The minimum Gasteiger partial charge on any atom is -0.497 e. The molecule has 0 bridgehead atoms. The standard InChI is InChI=1S/C34H34N4O4S/c1-42-28-11-8-12-29(22-28)43(40,41)37-27-17-18-31-30(21-27)32(34(39)36-31)33(25-9-4-2-5-10-25)35-26-15-13-24(14-16-26)23-38-19-6-3-7-20-38/h2,4-5,8-18,21-22,36-37,39H,3,6-7,19-20,23H2,1H3. The van der Waals surface area contributed by atoms with E-state index in [0.717, 1.165) is 30.9 Å². The molecule has 1 saturated heterocycles. The van der Waals surface area contributed by atoms with Crippen LogP contribution in [0.2, 0.25) is 0 Å². The van der Waals surface area contributed by atoms with Crippen LogP contribution in [0.25, 0.3) is 10.9 Å². The van der Waals surface area contributed by atoms with E-state index in [1.807, 2.05) is 42.5 Å². The molecule has 0 saturated carbocycles. The van der Waals surface area contributed by atoms with Crippen LogP contribution in [0, 0.1) is 0 Å². The van der Waals surface area contributed by atoms with Gasteiger partial charge >= 0.3 is 0 Å². The van der Waals surface area contributed by atoms with Gasteiger partial charge in [0.05, 0.1) is 29.0 Å². The van der Waals surface area contributed by atoms with E-state index >= 15 is 0 Å². The van der Waals surface area contributed by atoms with Gasteiger partial charge in [0, 0.05) is 34.8 Å². The summed E-state index contributed by atoms with van der Waals surface area (Å²) in [6.45, 7) is 3.19. The molecule has 9 heteroatoms. The number of ether oxygens (including phenoxy) is 1. The SMILES string of the molecule is COc1cccc(S(=O)(=O)Nc2ccc3[nH]c(O)c(C(=Nc4ccc(CN5CCCCC5)cc4)c4ccccc4)c3c2)c1. The summed E-state index contributed by atoms with van der Waals surface area (Å²) >= 11 is 0. The Labute approximate surface area is 251 Å². The molecular weight excluding hydrogens is 560 g/mol. The molecule has 1 aliphatic rings. The molecule has 0 unspecified atom stereocenters. The monoisotopic (exact) mass is 594 g/mol. The summed E-state index contributed by atoms with van der Waals surface area (Å²) in [6.07, 6.45) is 3.81. The Hall–Kier alpha value is -4.60. The van der Waals surface area contributed by atoms with Crippen LogP contribution >= 0.6 is 0 Å². The summed E-state index contributed by atoms with van der Waals surface area (Å²) < 4.78 is 34.2. The van der Waals surface area contributed by atoms with Gasteiger partial charge in [0.25, 0.3) is 10.0 Å². The van der Waals surface area contributed by atoms with E-state index in [4.69, 9.17) is 9.73 Å². The normalized spacial score (nSPS) is 14.6. The predicted octanol–water partition coefficient (Wildman–Crippen LogP) is 6.84. The molecule has 0 spiro atoms. The molecule has 0 radical (unpaired) electrons. The van der Waals surface area contributed by atoms with Crippen LogP contribution in [0.1, 0.15) is 36.0 Å². The second kappa shape index (κ2) is 12.3. The van der Waals surface area contributed by atoms with E-state index in [1.54, 1.807) is 30.3 Å². The number of anilines is 1. The largest absolute Gasteiger partial charge is 0.497 e. The Morgan fingerprint density at radius 1 is 0.930 bits per heavy atom. The van der Waals surface area contributed by atoms with E-state index in [-0.39, 0.29) is 10.8 Å². The third kappa shape index (κ3) is 6.43. The summed E-state index contributed by atoms with van der Waals surface area (Å²) in [5, 5.41) is 11.8. The number of H-pyrrole nitrogens is 1. The zero-order valence-corrected chi connectivity index (χ0v) is 24.8. The summed E-state index contributed by atoms with van der Waals surface area (Å²) in [4.78, 5) is 10.6.